The van der Waals surface area contributed by atoms with Crippen LogP contribution in [0.5, 0.6) is 0 Å². The number of aromatic nitrogens is 5. The second-order valence-corrected chi connectivity index (χ2v) is 3.40. The molecule has 2 heterocycles. The fourth-order valence-electron chi connectivity index (χ4n) is 1.27. The van der Waals surface area contributed by atoms with E-state index in [1.54, 1.807) is 12.4 Å². The van der Waals surface area contributed by atoms with Crippen LogP contribution >= 0.6 is 0 Å². The zero-order chi connectivity index (χ0) is 11.4. The highest BCUT2D eigenvalue weighted by molar-refractivity contribution is 5.75. The number of nitrogens with one attached hydrogen (secondary N) is 2. The smallest absolute Gasteiger partial charge is 0.242 e. The topological polar surface area (TPSA) is 88.5 Å². The van der Waals surface area contributed by atoms with Gasteiger partial charge in [0.2, 0.25) is 5.91 Å². The van der Waals surface area contributed by atoms with Crippen molar-refractivity contribution in [1.82, 2.24) is 30.5 Å². The SMILES string of the molecule is Cc1[nH]ncc1CNC(=O)Cn1ccnn1. The average molecular weight is 220 g/mol. The Kier molecular flexibility index (Phi) is 2.95. The first-order valence-corrected chi connectivity index (χ1v) is 4.85. The van der Waals surface area contributed by atoms with Gasteiger partial charge in [0.05, 0.1) is 12.4 Å². The first-order valence-electron chi connectivity index (χ1n) is 4.85. The first kappa shape index (κ1) is 10.3. The molecule has 7 heteroatoms. The van der Waals surface area contributed by atoms with Gasteiger partial charge in [-0.2, -0.15) is 5.10 Å². The van der Waals surface area contributed by atoms with Crippen LogP contribution in [-0.4, -0.2) is 31.1 Å². The standard InChI is InChI=1S/C9H12N6O/c1-7-8(5-12-13-7)4-10-9(16)6-15-3-2-11-14-15/h2-3,5H,4,6H2,1H3,(H,10,16)(H,12,13). The molecule has 2 N–H and O–H groups in total. The number of H-pyrrole nitrogens is 1. The highest BCUT2D eigenvalue weighted by Crippen LogP contribution is 2.00. The van der Waals surface area contributed by atoms with Crippen molar-refractivity contribution in [2.45, 2.75) is 20.0 Å². The Labute approximate surface area is 91.9 Å². The lowest BCUT2D eigenvalue weighted by atomic mass is 10.2. The van der Waals surface area contributed by atoms with Gasteiger partial charge < -0.3 is 5.32 Å². The van der Waals surface area contributed by atoms with Gasteiger partial charge in [0.15, 0.2) is 0 Å². The number of aryl methyl sites for hydroxylation is 1. The van der Waals surface area contributed by atoms with Crippen molar-refractivity contribution < 1.29 is 4.79 Å². The van der Waals surface area contributed by atoms with Crippen molar-refractivity contribution >= 4 is 5.91 Å². The summed E-state index contributed by atoms with van der Waals surface area (Å²) in [4.78, 5) is 11.5. The molecule has 2 aromatic rings. The lowest BCUT2D eigenvalue weighted by molar-refractivity contribution is -0.122. The molecular weight excluding hydrogens is 208 g/mol. The number of hydrogen-bond acceptors (Lipinski definition) is 4. The highest BCUT2D eigenvalue weighted by atomic mass is 16.2. The van der Waals surface area contributed by atoms with Crippen LogP contribution in [0.2, 0.25) is 0 Å². The largest absolute Gasteiger partial charge is 0.350 e. The number of nitrogens with zero attached hydrogens (tertiary/aromatic N) is 4. The zero-order valence-corrected chi connectivity index (χ0v) is 8.84. The molecule has 2 aromatic heterocycles. The molecule has 0 aliphatic rings. The number of hydrogen-bond donors (Lipinski definition) is 2. The van der Waals surface area contributed by atoms with Gasteiger partial charge in [-0.25, -0.2) is 4.68 Å². The van der Waals surface area contributed by atoms with Crippen LogP contribution in [0.15, 0.2) is 18.6 Å². The third-order valence-electron chi connectivity index (χ3n) is 2.19. The van der Waals surface area contributed by atoms with Crippen molar-refractivity contribution in [3.63, 3.8) is 0 Å². The van der Waals surface area contributed by atoms with E-state index >= 15 is 0 Å². The molecule has 0 aromatic carbocycles. The van der Waals surface area contributed by atoms with Gasteiger partial charge >= 0.3 is 0 Å². The van der Waals surface area contributed by atoms with Crippen molar-refractivity contribution in [3.8, 4) is 0 Å². The van der Waals surface area contributed by atoms with Crippen molar-refractivity contribution in [3.05, 3.63) is 29.8 Å². The van der Waals surface area contributed by atoms with Crippen LogP contribution in [0, 0.1) is 6.92 Å². The van der Waals surface area contributed by atoms with E-state index < -0.39 is 0 Å². The predicted molar refractivity (Wildman–Crippen MR) is 55.2 cm³/mol. The fraction of sp³-hybridized carbons (Fsp3) is 0.333. The maximum absolute atomic E-state index is 11.5. The summed E-state index contributed by atoms with van der Waals surface area (Å²) in [6, 6.07) is 0. The molecule has 0 fully saturated rings. The van der Waals surface area contributed by atoms with Crippen molar-refractivity contribution in [1.29, 1.82) is 0 Å². The molecule has 0 saturated carbocycles. The minimum atomic E-state index is -0.105. The summed E-state index contributed by atoms with van der Waals surface area (Å²) >= 11 is 0. The molecule has 16 heavy (non-hydrogen) atoms. The molecule has 1 amide bonds. The monoisotopic (exact) mass is 220 g/mol. The second-order valence-electron chi connectivity index (χ2n) is 3.40. The molecule has 84 valence electrons. The lowest BCUT2D eigenvalue weighted by Crippen LogP contribution is -2.27. The minimum absolute atomic E-state index is 0.105. The van der Waals surface area contributed by atoms with Crippen LogP contribution in [0.25, 0.3) is 0 Å². The number of carbonyl (C=O) groups excluding carboxylic acids is 1. The van der Waals surface area contributed by atoms with E-state index in [1.165, 1.54) is 10.9 Å². The molecule has 0 atom stereocenters. The summed E-state index contributed by atoms with van der Waals surface area (Å²) in [6.07, 6.45) is 4.88. The lowest BCUT2D eigenvalue weighted by Gasteiger charge is -2.03. The van der Waals surface area contributed by atoms with E-state index in [1.807, 2.05) is 6.92 Å². The number of amides is 1. The van der Waals surface area contributed by atoms with E-state index in [0.29, 0.717) is 6.54 Å². The average Bonchev–Trinajstić information content (AvgIpc) is 2.87. The Morgan fingerprint density at radius 2 is 2.50 bits per heavy atom. The molecule has 0 bridgehead atoms. The van der Waals surface area contributed by atoms with Crippen LogP contribution in [0.1, 0.15) is 11.3 Å². The Hall–Kier alpha value is -2.18. The molecule has 0 aliphatic heterocycles. The molecule has 7 nitrogen and oxygen atoms in total. The van der Waals surface area contributed by atoms with E-state index in [-0.39, 0.29) is 12.5 Å². The van der Waals surface area contributed by atoms with Crippen LogP contribution in [0.4, 0.5) is 0 Å². The van der Waals surface area contributed by atoms with Gasteiger partial charge in [0, 0.05) is 24.0 Å². The van der Waals surface area contributed by atoms with Gasteiger partial charge in [0.1, 0.15) is 6.54 Å². The number of rotatable bonds is 4. The normalized spacial score (nSPS) is 10.3. The van der Waals surface area contributed by atoms with Crippen LogP contribution in [-0.2, 0) is 17.9 Å². The predicted octanol–water partition coefficient (Wildman–Crippen LogP) is -0.374. The van der Waals surface area contributed by atoms with Gasteiger partial charge in [-0.3, -0.25) is 9.89 Å². The number of aromatic amines is 1. The van der Waals surface area contributed by atoms with E-state index in [2.05, 4.69) is 25.8 Å². The van der Waals surface area contributed by atoms with Crippen LogP contribution < -0.4 is 5.32 Å². The van der Waals surface area contributed by atoms with E-state index in [0.717, 1.165) is 11.3 Å². The molecule has 2 rings (SSSR count). The third kappa shape index (κ3) is 2.44. The zero-order valence-electron chi connectivity index (χ0n) is 8.84. The summed E-state index contributed by atoms with van der Waals surface area (Å²) in [5, 5.41) is 16.8. The Morgan fingerprint density at radius 1 is 1.62 bits per heavy atom. The molecule has 0 unspecified atom stereocenters. The third-order valence-corrected chi connectivity index (χ3v) is 2.19. The summed E-state index contributed by atoms with van der Waals surface area (Å²) in [7, 11) is 0. The summed E-state index contributed by atoms with van der Waals surface area (Å²) in [5.41, 5.74) is 1.94. The second kappa shape index (κ2) is 4.56. The Bertz CT molecular complexity index is 460. The van der Waals surface area contributed by atoms with E-state index in [9.17, 15) is 4.79 Å². The molecular formula is C9H12N6O. The van der Waals surface area contributed by atoms with E-state index in [4.69, 9.17) is 0 Å². The molecule has 0 radical (unpaired) electrons. The molecule has 0 spiro atoms. The van der Waals surface area contributed by atoms with Gasteiger partial charge in [0.25, 0.3) is 0 Å². The summed E-state index contributed by atoms with van der Waals surface area (Å²) in [5.74, 6) is -0.105. The van der Waals surface area contributed by atoms with Gasteiger partial charge in [-0.1, -0.05) is 5.21 Å². The summed E-state index contributed by atoms with van der Waals surface area (Å²) in [6.45, 7) is 2.55. The van der Waals surface area contributed by atoms with Gasteiger partial charge in [-0.15, -0.1) is 5.10 Å². The molecule has 0 aliphatic carbocycles. The minimum Gasteiger partial charge on any atom is -0.350 e. The highest BCUT2D eigenvalue weighted by Gasteiger charge is 2.05. The van der Waals surface area contributed by atoms with Crippen LogP contribution in [0.3, 0.4) is 0 Å². The summed E-state index contributed by atoms with van der Waals surface area (Å²) < 4.78 is 1.47. The fourth-order valence-corrected chi connectivity index (χ4v) is 1.27. The Balaban J connectivity index is 1.82. The van der Waals surface area contributed by atoms with Crippen molar-refractivity contribution in [2.24, 2.45) is 0 Å². The maximum atomic E-state index is 11.5. The maximum Gasteiger partial charge on any atom is 0.242 e. The molecule has 0 saturated heterocycles. The quantitative estimate of drug-likeness (QED) is 0.735. The van der Waals surface area contributed by atoms with Crippen molar-refractivity contribution in [2.75, 3.05) is 0 Å². The number of carbonyl (C=O) groups is 1. The first-order chi connectivity index (χ1) is 7.75. The Morgan fingerprint density at radius 3 is 3.12 bits per heavy atom. The van der Waals surface area contributed by atoms with Gasteiger partial charge in [-0.05, 0) is 6.92 Å².